The van der Waals surface area contributed by atoms with Crippen LogP contribution in [0.25, 0.3) is 0 Å². The van der Waals surface area contributed by atoms with Crippen molar-refractivity contribution in [1.29, 1.82) is 0 Å². The maximum Gasteiger partial charge on any atom is 0.423 e. The smallest absolute Gasteiger partial charge is 0.423 e. The number of carbonyl (C=O) groups is 2. The number of anilines is 1. The van der Waals surface area contributed by atoms with Crippen LogP contribution in [0.4, 0.5) is 23.7 Å². The molecule has 2 N–H and O–H groups in total. The fourth-order valence-corrected chi connectivity index (χ4v) is 3.48. The molecule has 2 rings (SSSR count). The van der Waals surface area contributed by atoms with Gasteiger partial charge in [0.05, 0.1) is 31.5 Å². The fraction of sp³-hybridized carbons (Fsp3) is 0.714. The summed E-state index contributed by atoms with van der Waals surface area (Å²) in [7, 11) is 0. The SMILES string of the molecule is CC(COCCC(=O)N1CCN(C(=O)OC(C)(C)C)CC1C)Nc1cn[nH]c(=O)c1C(F)(F)F. The minimum absolute atomic E-state index is 0.0132. The van der Waals surface area contributed by atoms with E-state index in [1.165, 1.54) is 0 Å². The predicted octanol–water partition coefficient (Wildman–Crippen LogP) is 2.46. The summed E-state index contributed by atoms with van der Waals surface area (Å²) in [6.07, 6.45) is -4.27. The number of rotatable bonds is 7. The molecule has 0 aromatic carbocycles. The minimum atomic E-state index is -4.84. The number of aromatic amines is 1. The molecule has 1 fully saturated rings. The van der Waals surface area contributed by atoms with Gasteiger partial charge in [0, 0.05) is 31.7 Å². The Labute approximate surface area is 195 Å². The van der Waals surface area contributed by atoms with Crippen LogP contribution >= 0.6 is 0 Å². The Kier molecular flexibility index (Phi) is 8.92. The molecule has 0 saturated carbocycles. The van der Waals surface area contributed by atoms with Crippen molar-refractivity contribution >= 4 is 17.7 Å². The number of amides is 2. The summed E-state index contributed by atoms with van der Waals surface area (Å²) >= 11 is 0. The zero-order valence-electron chi connectivity index (χ0n) is 20.0. The number of aromatic nitrogens is 2. The summed E-state index contributed by atoms with van der Waals surface area (Å²) in [6.45, 7) is 9.96. The summed E-state index contributed by atoms with van der Waals surface area (Å²) in [5, 5.41) is 7.75. The van der Waals surface area contributed by atoms with Gasteiger partial charge in [-0.2, -0.15) is 18.3 Å². The number of piperazine rings is 1. The van der Waals surface area contributed by atoms with Crippen molar-refractivity contribution in [3.05, 3.63) is 22.1 Å². The third kappa shape index (κ3) is 7.89. The highest BCUT2D eigenvalue weighted by Crippen LogP contribution is 2.31. The predicted molar refractivity (Wildman–Crippen MR) is 117 cm³/mol. The number of alkyl halides is 3. The molecule has 34 heavy (non-hydrogen) atoms. The van der Waals surface area contributed by atoms with Crippen LogP contribution in [-0.4, -0.2) is 82.5 Å². The van der Waals surface area contributed by atoms with Crippen molar-refractivity contribution in [1.82, 2.24) is 20.0 Å². The lowest BCUT2D eigenvalue weighted by atomic mass is 10.1. The molecule has 2 heterocycles. The Morgan fingerprint density at radius 3 is 2.56 bits per heavy atom. The van der Waals surface area contributed by atoms with Crippen molar-refractivity contribution in [3.63, 3.8) is 0 Å². The topological polar surface area (TPSA) is 117 Å². The minimum Gasteiger partial charge on any atom is -0.444 e. The van der Waals surface area contributed by atoms with E-state index in [1.54, 1.807) is 42.6 Å². The molecule has 1 aliphatic rings. The maximum absolute atomic E-state index is 13.1. The van der Waals surface area contributed by atoms with Crippen molar-refractivity contribution in [2.24, 2.45) is 0 Å². The zero-order valence-corrected chi connectivity index (χ0v) is 20.0. The Balaban J connectivity index is 1.78. The second-order valence-corrected chi connectivity index (χ2v) is 9.22. The third-order valence-corrected chi connectivity index (χ3v) is 4.97. The lowest BCUT2D eigenvalue weighted by molar-refractivity contribution is -0.138. The first-order chi connectivity index (χ1) is 15.7. The molecule has 2 atom stereocenters. The van der Waals surface area contributed by atoms with Crippen molar-refractivity contribution in [2.45, 2.75) is 64.9 Å². The van der Waals surface area contributed by atoms with Gasteiger partial charge in [-0.25, -0.2) is 9.89 Å². The second kappa shape index (κ2) is 11.1. The largest absolute Gasteiger partial charge is 0.444 e. The van der Waals surface area contributed by atoms with Gasteiger partial charge >= 0.3 is 12.3 Å². The van der Waals surface area contributed by atoms with Gasteiger partial charge in [-0.05, 0) is 34.6 Å². The first kappa shape index (κ1) is 27.4. The number of halogens is 3. The summed E-state index contributed by atoms with van der Waals surface area (Å²) < 4.78 is 50.2. The van der Waals surface area contributed by atoms with Crippen LogP contribution in [0.15, 0.2) is 11.0 Å². The summed E-state index contributed by atoms with van der Waals surface area (Å²) in [5.41, 5.74) is -3.74. The number of hydrogen-bond acceptors (Lipinski definition) is 7. The lowest BCUT2D eigenvalue weighted by Gasteiger charge is -2.40. The first-order valence-corrected chi connectivity index (χ1v) is 11.0. The molecule has 192 valence electrons. The molecule has 0 bridgehead atoms. The monoisotopic (exact) mass is 491 g/mol. The number of nitrogens with one attached hydrogen (secondary N) is 2. The molecular formula is C21H32F3N5O5. The number of ether oxygens (including phenoxy) is 2. The molecule has 1 aromatic heterocycles. The lowest BCUT2D eigenvalue weighted by Crippen LogP contribution is -2.56. The molecule has 2 unspecified atom stereocenters. The standard InChI is InChI=1S/C21H32F3N5O5/c1-13(26-15-10-25-27-18(31)17(15)21(22,23)24)12-33-9-6-16(30)29-8-7-28(11-14(29)2)19(32)34-20(3,4)5/h10,13-14H,6-9,11-12H2,1-5H3,(H2,26,27,31). The number of carbonyl (C=O) groups excluding carboxylic acids is 2. The van der Waals surface area contributed by atoms with Crippen LogP contribution in [0.2, 0.25) is 0 Å². The van der Waals surface area contributed by atoms with Crippen LogP contribution in [0.5, 0.6) is 0 Å². The van der Waals surface area contributed by atoms with E-state index in [-0.39, 0.29) is 31.6 Å². The Morgan fingerprint density at radius 2 is 1.97 bits per heavy atom. The molecular weight excluding hydrogens is 459 g/mol. The van der Waals surface area contributed by atoms with Gasteiger partial charge in [-0.3, -0.25) is 9.59 Å². The van der Waals surface area contributed by atoms with E-state index >= 15 is 0 Å². The second-order valence-electron chi connectivity index (χ2n) is 9.22. The van der Waals surface area contributed by atoms with Crippen molar-refractivity contribution < 1.29 is 32.2 Å². The van der Waals surface area contributed by atoms with Gasteiger partial charge in [-0.15, -0.1) is 0 Å². The van der Waals surface area contributed by atoms with Gasteiger partial charge in [-0.1, -0.05) is 0 Å². The molecule has 13 heteroatoms. The van der Waals surface area contributed by atoms with Crippen LogP contribution in [-0.2, 0) is 20.4 Å². The maximum atomic E-state index is 13.1. The molecule has 1 saturated heterocycles. The summed E-state index contributed by atoms with van der Waals surface area (Å²) in [6, 6.07) is -0.769. The van der Waals surface area contributed by atoms with Gasteiger partial charge in [0.1, 0.15) is 11.2 Å². The van der Waals surface area contributed by atoms with Gasteiger partial charge in [0.25, 0.3) is 5.56 Å². The number of H-pyrrole nitrogens is 1. The molecule has 10 nitrogen and oxygen atoms in total. The molecule has 0 radical (unpaired) electrons. The fourth-order valence-electron chi connectivity index (χ4n) is 3.48. The molecule has 2 amide bonds. The van der Waals surface area contributed by atoms with E-state index in [1.807, 2.05) is 6.92 Å². The van der Waals surface area contributed by atoms with Crippen molar-refractivity contribution in [3.8, 4) is 0 Å². The summed E-state index contributed by atoms with van der Waals surface area (Å²) in [5.74, 6) is -0.143. The van der Waals surface area contributed by atoms with Gasteiger partial charge in [0.15, 0.2) is 0 Å². The highest BCUT2D eigenvalue weighted by Gasteiger charge is 2.37. The molecule has 0 aliphatic carbocycles. The normalized spacial score (nSPS) is 17.9. The molecule has 0 spiro atoms. The summed E-state index contributed by atoms with van der Waals surface area (Å²) in [4.78, 5) is 39.6. The van der Waals surface area contributed by atoms with E-state index in [9.17, 15) is 27.6 Å². The molecule has 1 aliphatic heterocycles. The van der Waals surface area contributed by atoms with Crippen LogP contribution in [0.1, 0.15) is 46.6 Å². The number of nitrogens with zero attached hydrogens (tertiary/aromatic N) is 3. The van der Waals surface area contributed by atoms with E-state index in [2.05, 4.69) is 10.4 Å². The Bertz CT molecular complexity index is 915. The van der Waals surface area contributed by atoms with Gasteiger partial charge < -0.3 is 24.6 Å². The van der Waals surface area contributed by atoms with Crippen molar-refractivity contribution in [2.75, 3.05) is 38.2 Å². The van der Waals surface area contributed by atoms with E-state index in [4.69, 9.17) is 9.47 Å². The van der Waals surface area contributed by atoms with Crippen LogP contribution in [0, 0.1) is 0 Å². The zero-order chi connectivity index (χ0) is 25.7. The Hall–Kier alpha value is -2.83. The van der Waals surface area contributed by atoms with Gasteiger partial charge in [0.2, 0.25) is 5.91 Å². The average molecular weight is 492 g/mol. The highest BCUT2D eigenvalue weighted by molar-refractivity contribution is 5.77. The Morgan fingerprint density at radius 1 is 1.29 bits per heavy atom. The van der Waals surface area contributed by atoms with E-state index in [0.29, 0.717) is 19.6 Å². The highest BCUT2D eigenvalue weighted by atomic mass is 19.4. The first-order valence-electron chi connectivity index (χ1n) is 11.0. The average Bonchev–Trinajstić information content (AvgIpc) is 2.68. The van der Waals surface area contributed by atoms with E-state index < -0.39 is 40.7 Å². The quantitative estimate of drug-likeness (QED) is 0.563. The van der Waals surface area contributed by atoms with Crippen LogP contribution < -0.4 is 10.9 Å². The molecule has 1 aromatic rings. The van der Waals surface area contributed by atoms with E-state index in [0.717, 1.165) is 6.20 Å². The number of hydrogen-bond donors (Lipinski definition) is 2. The third-order valence-electron chi connectivity index (χ3n) is 4.97. The van der Waals surface area contributed by atoms with Crippen LogP contribution in [0.3, 0.4) is 0 Å².